The molecule has 0 aromatic heterocycles. The zero-order valence-corrected chi connectivity index (χ0v) is 24.4. The second-order valence-electron chi connectivity index (χ2n) is 11.1. The fraction of sp³-hybridized carbons (Fsp3) is 0.812. The van der Waals surface area contributed by atoms with Gasteiger partial charge in [-0.3, -0.25) is 9.59 Å². The van der Waals surface area contributed by atoms with Crippen LogP contribution in [0.4, 0.5) is 4.39 Å². The smallest absolute Gasteiger partial charge is 0.279 e. The normalized spacial score (nSPS) is 18.3. The lowest BCUT2D eigenvalue weighted by Gasteiger charge is -2.22. The van der Waals surface area contributed by atoms with E-state index in [9.17, 15) is 14.0 Å². The van der Waals surface area contributed by atoms with E-state index in [0.717, 1.165) is 50.5 Å². The first-order chi connectivity index (χ1) is 18.0. The summed E-state index contributed by atoms with van der Waals surface area (Å²) in [5, 5.41) is 5.90. The minimum absolute atomic E-state index is 0.0736. The standard InChI is InChI=1S/C32H57FN2O2/c1-4-6-8-10-12-14-15-17-19-21-24-28(33)32(37)35-30-26-22-25-29(30)34-31(36)27(3)23-20-18-16-13-11-9-7-5-2/h23-24,29-30H,4-22,25-26H2,1-3H3,(H,34,36)(H,35,37). The minimum atomic E-state index is -0.692. The van der Waals surface area contributed by atoms with Crippen LogP contribution in [0.5, 0.6) is 0 Å². The third-order valence-electron chi connectivity index (χ3n) is 7.61. The van der Waals surface area contributed by atoms with Gasteiger partial charge < -0.3 is 10.6 Å². The van der Waals surface area contributed by atoms with Gasteiger partial charge in [0, 0.05) is 17.7 Å². The molecule has 1 saturated carbocycles. The highest BCUT2D eigenvalue weighted by molar-refractivity contribution is 5.93. The number of allylic oxidation sites excluding steroid dienone is 2. The first kappa shape index (κ1) is 33.4. The molecule has 0 aromatic carbocycles. The zero-order valence-electron chi connectivity index (χ0n) is 24.4. The molecule has 4 nitrogen and oxygen atoms in total. The Morgan fingerprint density at radius 3 is 1.54 bits per heavy atom. The number of nitrogens with one attached hydrogen (secondary N) is 2. The number of carbonyl (C=O) groups excluding carboxylic acids is 2. The highest BCUT2D eigenvalue weighted by atomic mass is 19.1. The first-order valence-corrected chi connectivity index (χ1v) is 15.6. The Kier molecular flexibility index (Phi) is 20.2. The van der Waals surface area contributed by atoms with E-state index in [2.05, 4.69) is 24.5 Å². The van der Waals surface area contributed by atoms with Gasteiger partial charge in [0.25, 0.3) is 5.91 Å². The lowest BCUT2D eigenvalue weighted by atomic mass is 10.1. The van der Waals surface area contributed by atoms with Gasteiger partial charge in [0.1, 0.15) is 0 Å². The largest absolute Gasteiger partial charge is 0.348 e. The SMILES string of the molecule is CCCCCCCCCC=C(C)C(=O)NC1CCCC1NC(=O)C(F)=CCCCCCCCCCCC. The number of amides is 2. The van der Waals surface area contributed by atoms with Gasteiger partial charge in [-0.15, -0.1) is 0 Å². The van der Waals surface area contributed by atoms with Crippen molar-refractivity contribution in [3.63, 3.8) is 0 Å². The zero-order chi connectivity index (χ0) is 27.1. The Balaban J connectivity index is 2.26. The Morgan fingerprint density at radius 2 is 1.05 bits per heavy atom. The van der Waals surface area contributed by atoms with Crippen molar-refractivity contribution in [2.24, 2.45) is 0 Å². The molecule has 2 atom stereocenters. The van der Waals surface area contributed by atoms with Crippen molar-refractivity contribution in [1.29, 1.82) is 0 Å². The summed E-state index contributed by atoms with van der Waals surface area (Å²) in [6.07, 6.45) is 27.3. The lowest BCUT2D eigenvalue weighted by molar-refractivity contribution is -0.121. The summed E-state index contributed by atoms with van der Waals surface area (Å²) in [6.45, 7) is 6.32. The van der Waals surface area contributed by atoms with E-state index in [1.54, 1.807) is 0 Å². The molecule has 0 aromatic rings. The molecule has 0 spiro atoms. The van der Waals surface area contributed by atoms with Crippen LogP contribution in [0.25, 0.3) is 0 Å². The fourth-order valence-electron chi connectivity index (χ4n) is 5.11. The predicted octanol–water partition coefficient (Wildman–Crippen LogP) is 9.00. The van der Waals surface area contributed by atoms with Crippen molar-refractivity contribution in [3.8, 4) is 0 Å². The lowest BCUT2D eigenvalue weighted by Crippen LogP contribution is -2.48. The molecule has 1 aliphatic carbocycles. The number of unbranched alkanes of at least 4 members (excludes halogenated alkanes) is 16. The van der Waals surface area contributed by atoms with E-state index in [1.165, 1.54) is 89.5 Å². The fourth-order valence-corrected chi connectivity index (χ4v) is 5.11. The molecule has 1 fully saturated rings. The van der Waals surface area contributed by atoms with Gasteiger partial charge >= 0.3 is 0 Å². The molecule has 2 amide bonds. The van der Waals surface area contributed by atoms with E-state index in [-0.39, 0.29) is 18.0 Å². The van der Waals surface area contributed by atoms with Gasteiger partial charge in [-0.05, 0) is 57.9 Å². The molecule has 0 bridgehead atoms. The number of hydrogen-bond donors (Lipinski definition) is 2. The Morgan fingerprint density at radius 1 is 0.649 bits per heavy atom. The summed E-state index contributed by atoms with van der Waals surface area (Å²) in [6, 6.07) is -0.345. The molecule has 0 radical (unpaired) electrons. The van der Waals surface area contributed by atoms with Crippen molar-refractivity contribution in [2.75, 3.05) is 0 Å². The summed E-state index contributed by atoms with van der Waals surface area (Å²) in [5.74, 6) is -1.41. The van der Waals surface area contributed by atoms with Crippen molar-refractivity contribution in [2.45, 2.75) is 168 Å². The summed E-state index contributed by atoms with van der Waals surface area (Å²) in [5.41, 5.74) is 0.731. The van der Waals surface area contributed by atoms with Crippen LogP contribution in [0.2, 0.25) is 0 Å². The topological polar surface area (TPSA) is 58.2 Å². The Bertz CT molecular complexity index is 674. The summed E-state index contributed by atoms with van der Waals surface area (Å²) < 4.78 is 14.4. The van der Waals surface area contributed by atoms with Gasteiger partial charge in [-0.25, -0.2) is 4.39 Å². The molecule has 0 heterocycles. The van der Waals surface area contributed by atoms with Crippen molar-refractivity contribution in [3.05, 3.63) is 23.6 Å². The maximum Gasteiger partial charge on any atom is 0.279 e. The van der Waals surface area contributed by atoms with Gasteiger partial charge in [0.05, 0.1) is 0 Å². The van der Waals surface area contributed by atoms with Crippen molar-refractivity contribution in [1.82, 2.24) is 10.6 Å². The molecule has 37 heavy (non-hydrogen) atoms. The molecule has 2 unspecified atom stereocenters. The van der Waals surface area contributed by atoms with Gasteiger partial charge in [0.2, 0.25) is 5.91 Å². The predicted molar refractivity (Wildman–Crippen MR) is 155 cm³/mol. The van der Waals surface area contributed by atoms with Crippen LogP contribution in [0.1, 0.15) is 156 Å². The molecular weight excluding hydrogens is 463 g/mol. The van der Waals surface area contributed by atoms with Crippen molar-refractivity contribution >= 4 is 11.8 Å². The number of rotatable bonds is 22. The van der Waals surface area contributed by atoms with Crippen LogP contribution < -0.4 is 10.6 Å². The second-order valence-corrected chi connectivity index (χ2v) is 11.1. The maximum absolute atomic E-state index is 14.4. The number of carbonyl (C=O) groups is 2. The van der Waals surface area contributed by atoms with E-state index in [0.29, 0.717) is 6.42 Å². The second kappa shape index (κ2) is 22.3. The summed E-state index contributed by atoms with van der Waals surface area (Å²) >= 11 is 0. The molecule has 1 rings (SSSR count). The van der Waals surface area contributed by atoms with Crippen LogP contribution in [0, 0.1) is 0 Å². The van der Waals surface area contributed by atoms with Crippen LogP contribution in [-0.4, -0.2) is 23.9 Å². The van der Waals surface area contributed by atoms with Gasteiger partial charge in [0.15, 0.2) is 5.83 Å². The highest BCUT2D eigenvalue weighted by Crippen LogP contribution is 2.21. The molecule has 0 aliphatic heterocycles. The Hall–Kier alpha value is -1.65. The molecule has 214 valence electrons. The van der Waals surface area contributed by atoms with Crippen molar-refractivity contribution < 1.29 is 14.0 Å². The van der Waals surface area contributed by atoms with Crippen LogP contribution in [0.15, 0.2) is 23.6 Å². The quantitative estimate of drug-likeness (QED) is 0.110. The summed E-state index contributed by atoms with van der Waals surface area (Å²) in [7, 11) is 0. The van der Waals surface area contributed by atoms with E-state index in [4.69, 9.17) is 0 Å². The third kappa shape index (κ3) is 16.7. The average Bonchev–Trinajstić information content (AvgIpc) is 3.32. The van der Waals surface area contributed by atoms with Crippen LogP contribution in [-0.2, 0) is 9.59 Å². The molecule has 0 saturated heterocycles. The summed E-state index contributed by atoms with van der Waals surface area (Å²) in [4.78, 5) is 25.0. The highest BCUT2D eigenvalue weighted by Gasteiger charge is 2.30. The number of hydrogen-bond acceptors (Lipinski definition) is 2. The van der Waals surface area contributed by atoms with E-state index >= 15 is 0 Å². The molecular formula is C32H57FN2O2. The first-order valence-electron chi connectivity index (χ1n) is 15.6. The van der Waals surface area contributed by atoms with Crippen LogP contribution in [0.3, 0.4) is 0 Å². The maximum atomic E-state index is 14.4. The third-order valence-corrected chi connectivity index (χ3v) is 7.61. The van der Waals surface area contributed by atoms with E-state index in [1.807, 2.05) is 13.0 Å². The van der Waals surface area contributed by atoms with Gasteiger partial charge in [-0.1, -0.05) is 110 Å². The number of halogens is 1. The van der Waals surface area contributed by atoms with E-state index < -0.39 is 11.7 Å². The van der Waals surface area contributed by atoms with Crippen LogP contribution >= 0.6 is 0 Å². The monoisotopic (exact) mass is 520 g/mol. The average molecular weight is 521 g/mol. The van der Waals surface area contributed by atoms with Gasteiger partial charge in [-0.2, -0.15) is 0 Å². The molecule has 5 heteroatoms. The molecule has 1 aliphatic rings. The Labute approximate surface area is 227 Å². The molecule has 2 N–H and O–H groups in total. The minimum Gasteiger partial charge on any atom is -0.348 e.